The zero-order valence-electron chi connectivity index (χ0n) is 16.2. The van der Waals surface area contributed by atoms with Crippen LogP contribution in [0.15, 0.2) is 24.5 Å². The molecular weight excluding hydrogens is 344 g/mol. The van der Waals surface area contributed by atoms with Gasteiger partial charge in [-0.2, -0.15) is 0 Å². The van der Waals surface area contributed by atoms with Crippen molar-refractivity contribution in [1.82, 2.24) is 14.8 Å². The minimum Gasteiger partial charge on any atom is -0.378 e. The van der Waals surface area contributed by atoms with Crippen molar-refractivity contribution in [1.29, 1.82) is 0 Å². The predicted molar refractivity (Wildman–Crippen MR) is 101 cm³/mol. The number of amides is 2. The standard InChI is InChI=1S/C20H28N4O3/c1-22-13-18(26)24(16-5-3-9-21-12-16)15-19(22)8-10-23(14-19)17(25)11-20(27-2)6-4-7-20/h3,5,9,12H,4,6-8,10-11,13-15H2,1-2H3. The molecule has 4 rings (SSSR count). The highest BCUT2D eigenvalue weighted by atomic mass is 16.5. The number of carbonyl (C=O) groups excluding carboxylic acids is 2. The first-order chi connectivity index (χ1) is 13.0. The van der Waals surface area contributed by atoms with Gasteiger partial charge in [-0.05, 0) is 44.9 Å². The molecule has 3 heterocycles. The number of aromatic nitrogens is 1. The van der Waals surface area contributed by atoms with Crippen molar-refractivity contribution in [2.24, 2.45) is 0 Å². The van der Waals surface area contributed by atoms with E-state index in [2.05, 4.69) is 9.88 Å². The van der Waals surface area contributed by atoms with E-state index in [9.17, 15) is 9.59 Å². The van der Waals surface area contributed by atoms with Gasteiger partial charge in [0.2, 0.25) is 11.8 Å². The number of hydrogen-bond acceptors (Lipinski definition) is 5. The first-order valence-electron chi connectivity index (χ1n) is 9.72. The largest absolute Gasteiger partial charge is 0.378 e. The van der Waals surface area contributed by atoms with Gasteiger partial charge in [0.15, 0.2) is 0 Å². The molecule has 1 saturated carbocycles. The summed E-state index contributed by atoms with van der Waals surface area (Å²) in [5.41, 5.74) is 0.384. The van der Waals surface area contributed by atoms with Crippen molar-refractivity contribution in [3.63, 3.8) is 0 Å². The summed E-state index contributed by atoms with van der Waals surface area (Å²) in [7, 11) is 3.71. The minimum absolute atomic E-state index is 0.0775. The summed E-state index contributed by atoms with van der Waals surface area (Å²) in [4.78, 5) is 35.6. The van der Waals surface area contributed by atoms with Crippen molar-refractivity contribution in [2.75, 3.05) is 45.2 Å². The minimum atomic E-state index is -0.247. The number of pyridine rings is 1. The van der Waals surface area contributed by atoms with Gasteiger partial charge in [0.25, 0.3) is 0 Å². The molecule has 3 fully saturated rings. The molecule has 1 spiro atoms. The van der Waals surface area contributed by atoms with Crippen molar-refractivity contribution >= 4 is 17.5 Å². The maximum atomic E-state index is 12.9. The number of nitrogens with zero attached hydrogens (tertiary/aromatic N) is 4. The van der Waals surface area contributed by atoms with Crippen molar-refractivity contribution in [2.45, 2.75) is 43.2 Å². The Morgan fingerprint density at radius 2 is 2.11 bits per heavy atom. The Labute approximate surface area is 160 Å². The van der Waals surface area contributed by atoms with E-state index in [0.717, 1.165) is 37.9 Å². The molecule has 2 amide bonds. The molecule has 1 aromatic heterocycles. The number of piperazine rings is 1. The quantitative estimate of drug-likeness (QED) is 0.797. The second kappa shape index (κ2) is 6.87. The van der Waals surface area contributed by atoms with Crippen LogP contribution in [0.1, 0.15) is 32.1 Å². The lowest BCUT2D eigenvalue weighted by Gasteiger charge is -2.46. The molecule has 1 atom stereocenters. The highest BCUT2D eigenvalue weighted by Gasteiger charge is 2.50. The van der Waals surface area contributed by atoms with Gasteiger partial charge in [-0.25, -0.2) is 0 Å². The van der Waals surface area contributed by atoms with E-state index in [-0.39, 0.29) is 23.0 Å². The SMILES string of the molecule is COC1(CC(=O)N2CCC3(C2)CN(c2cccnc2)C(=O)CN3C)CCC1. The van der Waals surface area contributed by atoms with Crippen molar-refractivity contribution < 1.29 is 14.3 Å². The number of methoxy groups -OCH3 is 1. The highest BCUT2D eigenvalue weighted by molar-refractivity contribution is 5.95. The molecule has 1 aromatic rings. The number of likely N-dealkylation sites (tertiary alicyclic amines) is 1. The van der Waals surface area contributed by atoms with Gasteiger partial charge in [-0.3, -0.25) is 19.5 Å². The van der Waals surface area contributed by atoms with Crippen LogP contribution in [-0.4, -0.2) is 78.1 Å². The van der Waals surface area contributed by atoms with Crippen LogP contribution >= 0.6 is 0 Å². The maximum absolute atomic E-state index is 12.9. The fourth-order valence-electron chi connectivity index (χ4n) is 4.63. The van der Waals surface area contributed by atoms with Gasteiger partial charge < -0.3 is 14.5 Å². The van der Waals surface area contributed by atoms with E-state index in [1.165, 1.54) is 0 Å². The summed E-state index contributed by atoms with van der Waals surface area (Å²) in [6.07, 6.45) is 7.86. The summed E-state index contributed by atoms with van der Waals surface area (Å²) in [5.74, 6) is 0.250. The van der Waals surface area contributed by atoms with E-state index in [1.54, 1.807) is 19.5 Å². The fraction of sp³-hybridized carbons (Fsp3) is 0.650. The van der Waals surface area contributed by atoms with E-state index < -0.39 is 0 Å². The third-order valence-electron chi connectivity index (χ3n) is 6.75. The lowest BCUT2D eigenvalue weighted by molar-refractivity contribution is -0.143. The van der Waals surface area contributed by atoms with Crippen LogP contribution < -0.4 is 4.90 Å². The van der Waals surface area contributed by atoms with E-state index >= 15 is 0 Å². The summed E-state index contributed by atoms with van der Waals surface area (Å²) in [5, 5.41) is 0. The third kappa shape index (κ3) is 3.23. The van der Waals surface area contributed by atoms with Crippen LogP contribution in [-0.2, 0) is 14.3 Å². The second-order valence-electron chi connectivity index (χ2n) is 8.25. The average molecular weight is 372 g/mol. The monoisotopic (exact) mass is 372 g/mol. The molecule has 146 valence electrons. The highest BCUT2D eigenvalue weighted by Crippen LogP contribution is 2.40. The number of rotatable bonds is 4. The molecule has 2 aliphatic heterocycles. The molecule has 0 bridgehead atoms. The number of ether oxygens (including phenoxy) is 1. The van der Waals surface area contributed by atoms with Crippen LogP contribution in [0.2, 0.25) is 0 Å². The molecule has 0 aromatic carbocycles. The zero-order chi connectivity index (χ0) is 19.1. The van der Waals surface area contributed by atoms with Crippen LogP contribution in [0, 0.1) is 0 Å². The molecule has 7 heteroatoms. The van der Waals surface area contributed by atoms with E-state index in [0.29, 0.717) is 26.1 Å². The Balaban J connectivity index is 1.48. The molecule has 0 radical (unpaired) electrons. The molecule has 27 heavy (non-hydrogen) atoms. The predicted octanol–water partition coefficient (Wildman–Crippen LogP) is 1.29. The fourth-order valence-corrected chi connectivity index (χ4v) is 4.63. The molecule has 7 nitrogen and oxygen atoms in total. The Morgan fingerprint density at radius 3 is 2.74 bits per heavy atom. The average Bonchev–Trinajstić information content (AvgIpc) is 3.08. The Bertz CT molecular complexity index is 716. The molecule has 2 saturated heterocycles. The van der Waals surface area contributed by atoms with Crippen LogP contribution in [0.25, 0.3) is 0 Å². The summed E-state index contributed by atoms with van der Waals surface area (Å²) < 4.78 is 5.63. The lowest BCUT2D eigenvalue weighted by Crippen LogP contribution is -2.64. The lowest BCUT2D eigenvalue weighted by atomic mass is 9.77. The topological polar surface area (TPSA) is 66.0 Å². The van der Waals surface area contributed by atoms with E-state index in [1.807, 2.05) is 29.0 Å². The van der Waals surface area contributed by atoms with E-state index in [4.69, 9.17) is 4.74 Å². The number of hydrogen-bond donors (Lipinski definition) is 0. The van der Waals surface area contributed by atoms with Crippen molar-refractivity contribution in [3.8, 4) is 0 Å². The molecular formula is C20H28N4O3. The normalized spacial score (nSPS) is 27.9. The van der Waals surface area contributed by atoms with Gasteiger partial charge in [0.05, 0.1) is 36.0 Å². The Morgan fingerprint density at radius 1 is 1.30 bits per heavy atom. The maximum Gasteiger partial charge on any atom is 0.241 e. The zero-order valence-corrected chi connectivity index (χ0v) is 16.2. The van der Waals surface area contributed by atoms with Crippen LogP contribution in [0.4, 0.5) is 5.69 Å². The molecule has 1 aliphatic carbocycles. The Hall–Kier alpha value is -1.99. The first-order valence-corrected chi connectivity index (χ1v) is 9.72. The van der Waals surface area contributed by atoms with Gasteiger partial charge >= 0.3 is 0 Å². The summed E-state index contributed by atoms with van der Waals surface area (Å²) in [6.45, 7) is 2.34. The van der Waals surface area contributed by atoms with Gasteiger partial charge in [0.1, 0.15) is 0 Å². The third-order valence-corrected chi connectivity index (χ3v) is 6.75. The van der Waals surface area contributed by atoms with Crippen LogP contribution in [0.3, 0.4) is 0 Å². The van der Waals surface area contributed by atoms with Crippen LogP contribution in [0.5, 0.6) is 0 Å². The second-order valence-corrected chi connectivity index (χ2v) is 8.25. The number of anilines is 1. The summed E-state index contributed by atoms with van der Waals surface area (Å²) in [6, 6.07) is 3.77. The number of carbonyl (C=O) groups is 2. The Kier molecular flexibility index (Phi) is 4.68. The molecule has 0 N–H and O–H groups in total. The summed E-state index contributed by atoms with van der Waals surface area (Å²) >= 11 is 0. The van der Waals surface area contributed by atoms with Gasteiger partial charge in [0, 0.05) is 32.9 Å². The molecule has 1 unspecified atom stereocenters. The van der Waals surface area contributed by atoms with Gasteiger partial charge in [-0.15, -0.1) is 0 Å². The van der Waals surface area contributed by atoms with Gasteiger partial charge in [-0.1, -0.05) is 0 Å². The van der Waals surface area contributed by atoms with Crippen molar-refractivity contribution in [3.05, 3.63) is 24.5 Å². The first kappa shape index (κ1) is 18.4. The smallest absolute Gasteiger partial charge is 0.241 e. The molecule has 3 aliphatic rings. The number of likely N-dealkylation sites (N-methyl/N-ethyl adjacent to an activating group) is 1.